The van der Waals surface area contributed by atoms with Gasteiger partial charge in [0.25, 0.3) is 0 Å². The first-order chi connectivity index (χ1) is 10.1. The normalized spacial score (nSPS) is 17.3. The average molecular weight is 370 g/mol. The van der Waals surface area contributed by atoms with E-state index < -0.39 is 6.10 Å². The molecule has 0 saturated heterocycles. The number of hydrogen-bond acceptors (Lipinski definition) is 2. The van der Waals surface area contributed by atoms with Gasteiger partial charge in [0.05, 0.1) is 17.8 Å². The van der Waals surface area contributed by atoms with Crippen LogP contribution >= 0.6 is 27.5 Å². The van der Waals surface area contributed by atoms with Gasteiger partial charge in [-0.3, -0.25) is 4.68 Å². The maximum atomic E-state index is 10.4. The van der Waals surface area contributed by atoms with E-state index >= 15 is 0 Å². The van der Waals surface area contributed by atoms with Crippen LogP contribution in [0.4, 0.5) is 0 Å². The van der Waals surface area contributed by atoms with E-state index in [-0.39, 0.29) is 0 Å². The Balaban J connectivity index is 1.70. The fourth-order valence-corrected chi connectivity index (χ4v) is 3.83. The second-order valence-electron chi connectivity index (χ2n) is 5.65. The number of aliphatic hydroxyl groups is 1. The van der Waals surface area contributed by atoms with Gasteiger partial charge in [0, 0.05) is 22.1 Å². The molecule has 1 aromatic carbocycles. The molecule has 1 aromatic heterocycles. The zero-order valence-electron chi connectivity index (χ0n) is 11.7. The average Bonchev–Trinajstić information content (AvgIpc) is 3.07. The van der Waals surface area contributed by atoms with Crippen LogP contribution in [0.2, 0.25) is 5.02 Å². The first-order valence-corrected chi connectivity index (χ1v) is 8.47. The molecule has 0 spiro atoms. The summed E-state index contributed by atoms with van der Waals surface area (Å²) < 4.78 is 2.93. The SMILES string of the molecule is OC(Cc1ccn(C2CCCC2)n1)c1cc(Cl)cc(Br)c1. The molecule has 2 aromatic rings. The van der Waals surface area contributed by atoms with Crippen molar-refractivity contribution in [2.75, 3.05) is 0 Å². The summed E-state index contributed by atoms with van der Waals surface area (Å²) in [6, 6.07) is 8.04. The molecule has 5 heteroatoms. The molecule has 0 radical (unpaired) electrons. The topological polar surface area (TPSA) is 38.0 Å². The highest BCUT2D eigenvalue weighted by Crippen LogP contribution is 2.29. The van der Waals surface area contributed by atoms with Gasteiger partial charge in [-0.25, -0.2) is 0 Å². The first-order valence-electron chi connectivity index (χ1n) is 7.30. The van der Waals surface area contributed by atoms with Gasteiger partial charge in [-0.1, -0.05) is 40.4 Å². The predicted octanol–water partition coefficient (Wildman–Crippen LogP) is 4.69. The first kappa shape index (κ1) is 15.1. The number of nitrogens with zero attached hydrogens (tertiary/aromatic N) is 2. The van der Waals surface area contributed by atoms with Crippen LogP contribution in [0.1, 0.15) is 49.1 Å². The summed E-state index contributed by atoms with van der Waals surface area (Å²) in [5.41, 5.74) is 1.73. The van der Waals surface area contributed by atoms with Gasteiger partial charge in [-0.15, -0.1) is 0 Å². The zero-order chi connectivity index (χ0) is 14.8. The summed E-state index contributed by atoms with van der Waals surface area (Å²) in [5.74, 6) is 0. The van der Waals surface area contributed by atoms with Crippen LogP contribution in [0.3, 0.4) is 0 Å². The van der Waals surface area contributed by atoms with E-state index in [2.05, 4.69) is 25.7 Å². The summed E-state index contributed by atoms with van der Waals surface area (Å²) in [7, 11) is 0. The summed E-state index contributed by atoms with van der Waals surface area (Å²) in [4.78, 5) is 0. The molecule has 112 valence electrons. The van der Waals surface area contributed by atoms with Crippen LogP contribution in [0.15, 0.2) is 34.9 Å². The molecule has 1 unspecified atom stereocenters. The lowest BCUT2D eigenvalue weighted by Gasteiger charge is -2.11. The predicted molar refractivity (Wildman–Crippen MR) is 87.5 cm³/mol. The van der Waals surface area contributed by atoms with Gasteiger partial charge in [0.1, 0.15) is 0 Å². The fourth-order valence-electron chi connectivity index (χ4n) is 2.94. The number of aliphatic hydroxyl groups excluding tert-OH is 1. The van der Waals surface area contributed by atoms with Crippen LogP contribution in [-0.2, 0) is 6.42 Å². The van der Waals surface area contributed by atoms with Crippen molar-refractivity contribution in [3.8, 4) is 0 Å². The molecule has 21 heavy (non-hydrogen) atoms. The fraction of sp³-hybridized carbons (Fsp3) is 0.438. The molecule has 1 aliphatic rings. The Bertz CT molecular complexity index is 602. The summed E-state index contributed by atoms with van der Waals surface area (Å²) in [5, 5.41) is 15.6. The molecule has 3 nitrogen and oxygen atoms in total. The number of hydrogen-bond donors (Lipinski definition) is 1. The molecule has 0 bridgehead atoms. The zero-order valence-corrected chi connectivity index (χ0v) is 14.0. The Kier molecular flexibility index (Phi) is 4.67. The molecule has 1 atom stereocenters. The monoisotopic (exact) mass is 368 g/mol. The highest BCUT2D eigenvalue weighted by atomic mass is 79.9. The molecular formula is C16H18BrClN2O. The van der Waals surface area contributed by atoms with E-state index in [9.17, 15) is 5.11 Å². The summed E-state index contributed by atoms with van der Waals surface area (Å²) in [6.07, 6.45) is 6.96. The third-order valence-electron chi connectivity index (χ3n) is 4.03. The van der Waals surface area contributed by atoms with Gasteiger partial charge in [-0.2, -0.15) is 5.10 Å². The number of halogens is 2. The minimum atomic E-state index is -0.591. The van der Waals surface area contributed by atoms with Gasteiger partial charge in [0.15, 0.2) is 0 Å². The van der Waals surface area contributed by atoms with Gasteiger partial charge in [0.2, 0.25) is 0 Å². The van der Waals surface area contributed by atoms with Crippen molar-refractivity contribution in [1.82, 2.24) is 9.78 Å². The highest BCUT2D eigenvalue weighted by molar-refractivity contribution is 9.10. The highest BCUT2D eigenvalue weighted by Gasteiger charge is 2.18. The van der Waals surface area contributed by atoms with Gasteiger partial charge >= 0.3 is 0 Å². The van der Waals surface area contributed by atoms with Crippen molar-refractivity contribution in [1.29, 1.82) is 0 Å². The Morgan fingerprint density at radius 3 is 2.81 bits per heavy atom. The smallest absolute Gasteiger partial charge is 0.0847 e. The van der Waals surface area contributed by atoms with Crippen molar-refractivity contribution in [3.05, 3.63) is 51.2 Å². The summed E-state index contributed by atoms with van der Waals surface area (Å²) in [6.45, 7) is 0. The molecule has 0 amide bonds. The Morgan fingerprint density at radius 1 is 1.33 bits per heavy atom. The number of aromatic nitrogens is 2. The maximum Gasteiger partial charge on any atom is 0.0847 e. The number of rotatable bonds is 4. The van der Waals surface area contributed by atoms with Crippen LogP contribution in [0.25, 0.3) is 0 Å². The minimum absolute atomic E-state index is 0.506. The Morgan fingerprint density at radius 2 is 2.10 bits per heavy atom. The molecule has 1 saturated carbocycles. The quantitative estimate of drug-likeness (QED) is 0.849. The van der Waals surface area contributed by atoms with Crippen molar-refractivity contribution < 1.29 is 5.11 Å². The van der Waals surface area contributed by atoms with Crippen LogP contribution in [0, 0.1) is 0 Å². The van der Waals surface area contributed by atoms with E-state index in [1.807, 2.05) is 24.4 Å². The van der Waals surface area contributed by atoms with E-state index in [0.29, 0.717) is 17.5 Å². The van der Waals surface area contributed by atoms with Crippen molar-refractivity contribution in [3.63, 3.8) is 0 Å². The van der Waals surface area contributed by atoms with E-state index in [4.69, 9.17) is 11.6 Å². The maximum absolute atomic E-state index is 10.4. The second-order valence-corrected chi connectivity index (χ2v) is 7.00. The minimum Gasteiger partial charge on any atom is -0.388 e. The largest absolute Gasteiger partial charge is 0.388 e. The van der Waals surface area contributed by atoms with E-state index in [1.54, 1.807) is 6.07 Å². The van der Waals surface area contributed by atoms with Crippen LogP contribution in [-0.4, -0.2) is 14.9 Å². The Hall–Kier alpha value is -0.840. The van der Waals surface area contributed by atoms with Crippen molar-refractivity contribution in [2.24, 2.45) is 0 Å². The molecule has 3 rings (SSSR count). The van der Waals surface area contributed by atoms with E-state index in [0.717, 1.165) is 15.7 Å². The van der Waals surface area contributed by atoms with Gasteiger partial charge in [-0.05, 0) is 42.7 Å². The van der Waals surface area contributed by atoms with Crippen LogP contribution in [0.5, 0.6) is 0 Å². The molecule has 1 aliphatic carbocycles. The lowest BCUT2D eigenvalue weighted by atomic mass is 10.1. The van der Waals surface area contributed by atoms with E-state index in [1.165, 1.54) is 25.7 Å². The van der Waals surface area contributed by atoms with Gasteiger partial charge < -0.3 is 5.11 Å². The molecule has 1 heterocycles. The number of benzene rings is 1. The third-order valence-corrected chi connectivity index (χ3v) is 4.71. The summed E-state index contributed by atoms with van der Waals surface area (Å²) >= 11 is 9.43. The third kappa shape index (κ3) is 3.68. The Labute approximate surface area is 138 Å². The molecule has 1 N–H and O–H groups in total. The standard InChI is InChI=1S/C16H18BrClN2O/c17-12-7-11(8-13(18)9-12)16(21)10-14-5-6-20(19-14)15-3-1-2-4-15/h5-9,15-16,21H,1-4,10H2. The molecular weight excluding hydrogens is 352 g/mol. The molecule has 1 fully saturated rings. The lowest BCUT2D eigenvalue weighted by Crippen LogP contribution is -2.07. The lowest BCUT2D eigenvalue weighted by molar-refractivity contribution is 0.176. The van der Waals surface area contributed by atoms with Crippen molar-refractivity contribution in [2.45, 2.75) is 44.2 Å². The second kappa shape index (κ2) is 6.51. The van der Waals surface area contributed by atoms with Crippen LogP contribution < -0.4 is 0 Å². The molecule has 0 aliphatic heterocycles. The van der Waals surface area contributed by atoms with Crippen molar-refractivity contribution >= 4 is 27.5 Å².